The highest BCUT2D eigenvalue weighted by molar-refractivity contribution is 7.71. The fraction of sp³-hybridized carbons (Fsp3) is 0.167. The van der Waals surface area contributed by atoms with Gasteiger partial charge in [-0.05, 0) is 56.2 Å². The highest BCUT2D eigenvalue weighted by Crippen LogP contribution is 2.19. The molecule has 0 saturated heterocycles. The predicted octanol–water partition coefficient (Wildman–Crippen LogP) is 4.55. The zero-order valence-corrected chi connectivity index (χ0v) is 14.5. The molecule has 1 heterocycles. The van der Waals surface area contributed by atoms with Crippen LogP contribution in [0.4, 0.5) is 4.39 Å². The SMILES string of the molecule is Cc1cc(C)c(C=Nn2c(-c3cccc(F)c3)n[nH]c2=S)c(C)c1. The molecule has 0 amide bonds. The van der Waals surface area contributed by atoms with Crippen LogP contribution in [-0.2, 0) is 0 Å². The van der Waals surface area contributed by atoms with E-state index in [1.54, 1.807) is 18.3 Å². The first-order valence-electron chi connectivity index (χ1n) is 7.51. The zero-order valence-electron chi connectivity index (χ0n) is 13.7. The Morgan fingerprint density at radius 2 is 1.88 bits per heavy atom. The molecule has 0 unspecified atom stereocenters. The number of halogens is 1. The Morgan fingerprint density at radius 3 is 2.54 bits per heavy atom. The first-order valence-corrected chi connectivity index (χ1v) is 7.92. The quantitative estimate of drug-likeness (QED) is 0.561. The summed E-state index contributed by atoms with van der Waals surface area (Å²) in [5.74, 6) is 0.139. The Kier molecular flexibility index (Phi) is 4.40. The molecule has 0 spiro atoms. The van der Waals surface area contributed by atoms with Gasteiger partial charge < -0.3 is 0 Å². The molecule has 0 radical (unpaired) electrons. The van der Waals surface area contributed by atoms with Crippen LogP contribution >= 0.6 is 12.2 Å². The van der Waals surface area contributed by atoms with Crippen LogP contribution in [0.2, 0.25) is 0 Å². The third kappa shape index (κ3) is 3.19. The van der Waals surface area contributed by atoms with Crippen molar-refractivity contribution in [1.82, 2.24) is 14.9 Å². The van der Waals surface area contributed by atoms with Gasteiger partial charge in [0.05, 0.1) is 6.21 Å². The minimum atomic E-state index is -0.331. The van der Waals surface area contributed by atoms with E-state index in [-0.39, 0.29) is 5.82 Å². The summed E-state index contributed by atoms with van der Waals surface area (Å²) in [7, 11) is 0. The van der Waals surface area contributed by atoms with Crippen molar-refractivity contribution in [2.24, 2.45) is 5.10 Å². The molecule has 2 aromatic carbocycles. The first-order chi connectivity index (χ1) is 11.5. The topological polar surface area (TPSA) is 46.0 Å². The number of nitrogens with zero attached hydrogens (tertiary/aromatic N) is 3. The molecule has 0 aliphatic rings. The fourth-order valence-electron chi connectivity index (χ4n) is 2.72. The van der Waals surface area contributed by atoms with Gasteiger partial charge in [-0.15, -0.1) is 0 Å². The molecule has 0 aliphatic heterocycles. The number of aromatic amines is 1. The Bertz CT molecular complexity index is 962. The van der Waals surface area contributed by atoms with Gasteiger partial charge in [0.1, 0.15) is 5.82 Å². The molecule has 4 nitrogen and oxygen atoms in total. The molecule has 24 heavy (non-hydrogen) atoms. The van der Waals surface area contributed by atoms with Gasteiger partial charge in [0, 0.05) is 11.1 Å². The Labute approximate surface area is 144 Å². The zero-order chi connectivity index (χ0) is 17.3. The molecule has 0 fully saturated rings. The number of nitrogens with one attached hydrogen (secondary N) is 1. The van der Waals surface area contributed by atoms with Crippen LogP contribution in [0, 0.1) is 31.4 Å². The van der Waals surface area contributed by atoms with Crippen LogP contribution in [0.25, 0.3) is 11.4 Å². The molecule has 122 valence electrons. The first kappa shape index (κ1) is 16.3. The third-order valence-corrected chi connectivity index (χ3v) is 4.04. The standard InChI is InChI=1S/C18H17FN4S/c1-11-7-12(2)16(13(3)8-11)10-20-23-17(21-22-18(23)24)14-5-4-6-15(19)9-14/h4-10H,1-3H3,(H,22,24). The predicted molar refractivity (Wildman–Crippen MR) is 96.5 cm³/mol. The number of aromatic nitrogens is 3. The summed E-state index contributed by atoms with van der Waals surface area (Å²) >= 11 is 5.24. The van der Waals surface area contributed by atoms with E-state index < -0.39 is 0 Å². The molecule has 0 bridgehead atoms. The maximum atomic E-state index is 13.5. The van der Waals surface area contributed by atoms with E-state index in [2.05, 4.69) is 34.4 Å². The fourth-order valence-corrected chi connectivity index (χ4v) is 2.90. The van der Waals surface area contributed by atoms with E-state index in [0.29, 0.717) is 16.2 Å². The van der Waals surface area contributed by atoms with Crippen molar-refractivity contribution in [3.8, 4) is 11.4 Å². The number of aryl methyl sites for hydroxylation is 3. The normalized spacial score (nSPS) is 11.3. The molecule has 0 atom stereocenters. The number of H-pyrrole nitrogens is 1. The van der Waals surface area contributed by atoms with Crippen molar-refractivity contribution in [2.75, 3.05) is 0 Å². The lowest BCUT2D eigenvalue weighted by Gasteiger charge is -2.07. The summed E-state index contributed by atoms with van der Waals surface area (Å²) in [5, 5.41) is 11.3. The van der Waals surface area contributed by atoms with Crippen LogP contribution in [0.3, 0.4) is 0 Å². The average molecular weight is 340 g/mol. The van der Waals surface area contributed by atoms with Gasteiger partial charge >= 0.3 is 0 Å². The average Bonchev–Trinajstić information content (AvgIpc) is 2.87. The lowest BCUT2D eigenvalue weighted by atomic mass is 10.0. The van der Waals surface area contributed by atoms with Crippen LogP contribution in [0.1, 0.15) is 22.3 Å². The second-order valence-electron chi connectivity index (χ2n) is 5.73. The number of benzene rings is 2. The molecule has 3 aromatic rings. The minimum Gasteiger partial charge on any atom is -0.250 e. The summed E-state index contributed by atoms with van der Waals surface area (Å²) < 4.78 is 15.3. The molecule has 0 saturated carbocycles. The number of hydrogen-bond donors (Lipinski definition) is 1. The van der Waals surface area contributed by atoms with Gasteiger partial charge in [-0.2, -0.15) is 14.9 Å². The van der Waals surface area contributed by atoms with Crippen LogP contribution in [0.15, 0.2) is 41.5 Å². The van der Waals surface area contributed by atoms with Crippen molar-refractivity contribution < 1.29 is 4.39 Å². The maximum Gasteiger partial charge on any atom is 0.216 e. The van der Waals surface area contributed by atoms with E-state index in [4.69, 9.17) is 12.2 Å². The molecule has 0 aliphatic carbocycles. The van der Waals surface area contributed by atoms with Crippen LogP contribution < -0.4 is 0 Å². The largest absolute Gasteiger partial charge is 0.250 e. The number of hydrogen-bond acceptors (Lipinski definition) is 3. The molecule has 3 rings (SSSR count). The van der Waals surface area contributed by atoms with Crippen molar-refractivity contribution >= 4 is 18.4 Å². The number of rotatable bonds is 3. The summed E-state index contributed by atoms with van der Waals surface area (Å²) in [6.07, 6.45) is 1.76. The lowest BCUT2D eigenvalue weighted by molar-refractivity contribution is 0.628. The second kappa shape index (κ2) is 6.49. The van der Waals surface area contributed by atoms with Crippen LogP contribution in [-0.4, -0.2) is 21.1 Å². The van der Waals surface area contributed by atoms with Gasteiger partial charge in [0.2, 0.25) is 4.77 Å². The lowest BCUT2D eigenvalue weighted by Crippen LogP contribution is -1.98. The van der Waals surface area contributed by atoms with Crippen LogP contribution in [0.5, 0.6) is 0 Å². The van der Waals surface area contributed by atoms with Crippen molar-refractivity contribution in [3.63, 3.8) is 0 Å². The maximum absolute atomic E-state index is 13.5. The van der Waals surface area contributed by atoms with Crippen molar-refractivity contribution in [1.29, 1.82) is 0 Å². The monoisotopic (exact) mass is 340 g/mol. The van der Waals surface area contributed by atoms with E-state index in [1.807, 2.05) is 13.8 Å². The summed E-state index contributed by atoms with van der Waals surface area (Å²) in [5.41, 5.74) is 5.13. The Balaban J connectivity index is 2.06. The minimum absolute atomic E-state index is 0.331. The van der Waals surface area contributed by atoms with Crippen molar-refractivity contribution in [2.45, 2.75) is 20.8 Å². The van der Waals surface area contributed by atoms with Gasteiger partial charge in [-0.3, -0.25) is 0 Å². The highest BCUT2D eigenvalue weighted by atomic mass is 32.1. The van der Waals surface area contributed by atoms with Gasteiger partial charge in [-0.1, -0.05) is 29.8 Å². The van der Waals surface area contributed by atoms with E-state index >= 15 is 0 Å². The second-order valence-corrected chi connectivity index (χ2v) is 6.12. The third-order valence-electron chi connectivity index (χ3n) is 3.77. The Morgan fingerprint density at radius 1 is 1.17 bits per heavy atom. The summed E-state index contributed by atoms with van der Waals surface area (Å²) in [6, 6.07) is 10.4. The molecular formula is C18H17FN4S. The van der Waals surface area contributed by atoms with E-state index in [9.17, 15) is 4.39 Å². The summed E-state index contributed by atoms with van der Waals surface area (Å²) in [4.78, 5) is 0. The Hall–Kier alpha value is -2.60. The summed E-state index contributed by atoms with van der Waals surface area (Å²) in [6.45, 7) is 6.15. The molecular weight excluding hydrogens is 323 g/mol. The molecule has 1 aromatic heterocycles. The van der Waals surface area contributed by atoms with Gasteiger partial charge in [0.25, 0.3) is 0 Å². The van der Waals surface area contributed by atoms with E-state index in [1.165, 1.54) is 22.4 Å². The van der Waals surface area contributed by atoms with E-state index in [0.717, 1.165) is 16.7 Å². The van der Waals surface area contributed by atoms with Crippen molar-refractivity contribution in [3.05, 3.63) is 69.2 Å². The van der Waals surface area contributed by atoms with Gasteiger partial charge in [0.15, 0.2) is 5.82 Å². The smallest absolute Gasteiger partial charge is 0.216 e. The van der Waals surface area contributed by atoms with Gasteiger partial charge in [-0.25, -0.2) is 9.49 Å². The molecule has 6 heteroatoms. The highest BCUT2D eigenvalue weighted by Gasteiger charge is 2.09. The molecule has 1 N–H and O–H groups in total.